The summed E-state index contributed by atoms with van der Waals surface area (Å²) in [6.45, 7) is 5.62. The molecule has 20 heavy (non-hydrogen) atoms. The second kappa shape index (κ2) is 5.58. The molecule has 0 N–H and O–H groups in total. The quantitative estimate of drug-likeness (QED) is 0.835. The lowest BCUT2D eigenvalue weighted by atomic mass is 10.3. The number of aryl methyl sites for hydroxylation is 1. The molecule has 7 nitrogen and oxygen atoms in total. The van der Waals surface area contributed by atoms with Crippen LogP contribution in [-0.4, -0.2) is 53.5 Å². The van der Waals surface area contributed by atoms with Gasteiger partial charge in [0.25, 0.3) is 0 Å². The van der Waals surface area contributed by atoms with E-state index in [4.69, 9.17) is 4.74 Å². The summed E-state index contributed by atoms with van der Waals surface area (Å²) in [7, 11) is 1.61. The molecule has 0 bridgehead atoms. The summed E-state index contributed by atoms with van der Waals surface area (Å²) in [6, 6.07) is 1.87. The van der Waals surface area contributed by atoms with Crippen LogP contribution >= 0.6 is 11.3 Å². The van der Waals surface area contributed by atoms with E-state index in [2.05, 4.69) is 30.0 Å². The molecule has 1 fully saturated rings. The first-order valence-corrected chi connectivity index (χ1v) is 7.24. The number of methoxy groups -OCH3 is 1. The summed E-state index contributed by atoms with van der Waals surface area (Å²) < 4.78 is 5.13. The van der Waals surface area contributed by atoms with Gasteiger partial charge < -0.3 is 14.5 Å². The van der Waals surface area contributed by atoms with Gasteiger partial charge in [0.05, 0.1) is 7.11 Å². The van der Waals surface area contributed by atoms with E-state index in [1.54, 1.807) is 18.4 Å². The number of ether oxygens (including phenoxy) is 1. The topological polar surface area (TPSA) is 67.3 Å². The lowest BCUT2D eigenvalue weighted by molar-refractivity contribution is 0.396. The minimum atomic E-state index is 0.595. The summed E-state index contributed by atoms with van der Waals surface area (Å²) >= 11 is 1.64. The summed E-state index contributed by atoms with van der Waals surface area (Å²) in [5, 5.41) is 10.3. The smallest absolute Gasteiger partial charge is 0.218 e. The summed E-state index contributed by atoms with van der Waals surface area (Å²) in [4.78, 5) is 12.8. The van der Waals surface area contributed by atoms with Crippen LogP contribution in [0.15, 0.2) is 12.4 Å². The molecule has 0 amide bonds. The largest absolute Gasteiger partial charge is 0.481 e. The number of piperazine rings is 1. The van der Waals surface area contributed by atoms with Crippen LogP contribution in [0, 0.1) is 6.92 Å². The van der Waals surface area contributed by atoms with Crippen molar-refractivity contribution in [2.24, 2.45) is 0 Å². The number of hydrogen-bond acceptors (Lipinski definition) is 8. The fourth-order valence-corrected chi connectivity index (χ4v) is 2.89. The van der Waals surface area contributed by atoms with E-state index in [9.17, 15) is 0 Å². The average Bonchev–Trinajstić information content (AvgIpc) is 2.94. The van der Waals surface area contributed by atoms with Crippen molar-refractivity contribution in [3.8, 4) is 5.88 Å². The van der Waals surface area contributed by atoms with Crippen LogP contribution in [0.1, 0.15) is 5.01 Å². The molecule has 2 aromatic heterocycles. The van der Waals surface area contributed by atoms with E-state index in [0.29, 0.717) is 5.88 Å². The van der Waals surface area contributed by atoms with Gasteiger partial charge in [0.15, 0.2) is 0 Å². The van der Waals surface area contributed by atoms with Crippen molar-refractivity contribution in [1.82, 2.24) is 20.2 Å². The van der Waals surface area contributed by atoms with Crippen molar-refractivity contribution in [3.63, 3.8) is 0 Å². The normalized spacial score (nSPS) is 15.5. The Morgan fingerprint density at radius 2 is 1.85 bits per heavy atom. The highest BCUT2D eigenvalue weighted by Crippen LogP contribution is 2.23. The molecule has 0 spiro atoms. The molecule has 0 atom stereocenters. The van der Waals surface area contributed by atoms with E-state index < -0.39 is 0 Å². The molecule has 2 aromatic rings. The highest BCUT2D eigenvalue weighted by atomic mass is 32.1. The maximum Gasteiger partial charge on any atom is 0.218 e. The molecular weight excluding hydrogens is 276 g/mol. The minimum Gasteiger partial charge on any atom is -0.481 e. The fraction of sp³-hybridized carbons (Fsp3) is 0.500. The molecule has 1 aliphatic rings. The highest BCUT2D eigenvalue weighted by Gasteiger charge is 2.20. The molecule has 0 aromatic carbocycles. The van der Waals surface area contributed by atoms with Gasteiger partial charge in [0.1, 0.15) is 17.2 Å². The maximum atomic E-state index is 5.13. The second-order valence-electron chi connectivity index (χ2n) is 4.50. The van der Waals surface area contributed by atoms with Gasteiger partial charge in [0, 0.05) is 32.2 Å². The molecule has 0 aliphatic carbocycles. The first-order valence-electron chi connectivity index (χ1n) is 6.42. The van der Waals surface area contributed by atoms with Crippen molar-refractivity contribution < 1.29 is 4.74 Å². The Balaban J connectivity index is 1.66. The fourth-order valence-electron chi connectivity index (χ4n) is 2.16. The number of nitrogens with zero attached hydrogens (tertiary/aromatic N) is 6. The molecule has 3 heterocycles. The lowest BCUT2D eigenvalue weighted by Crippen LogP contribution is -2.46. The highest BCUT2D eigenvalue weighted by molar-refractivity contribution is 7.15. The summed E-state index contributed by atoms with van der Waals surface area (Å²) in [5.74, 6) is 1.50. The Bertz CT molecular complexity index is 581. The van der Waals surface area contributed by atoms with Gasteiger partial charge in [-0.2, -0.15) is 0 Å². The zero-order chi connectivity index (χ0) is 13.9. The van der Waals surface area contributed by atoms with Crippen LogP contribution in [0.5, 0.6) is 5.88 Å². The third-order valence-electron chi connectivity index (χ3n) is 3.23. The molecule has 1 aliphatic heterocycles. The van der Waals surface area contributed by atoms with Crippen LogP contribution in [0.4, 0.5) is 10.9 Å². The van der Waals surface area contributed by atoms with E-state index in [0.717, 1.165) is 42.1 Å². The van der Waals surface area contributed by atoms with Gasteiger partial charge in [-0.05, 0) is 6.92 Å². The zero-order valence-electron chi connectivity index (χ0n) is 11.5. The third-order valence-corrected chi connectivity index (χ3v) is 4.13. The Morgan fingerprint density at radius 3 is 2.50 bits per heavy atom. The van der Waals surface area contributed by atoms with Crippen LogP contribution in [0.25, 0.3) is 0 Å². The monoisotopic (exact) mass is 292 g/mol. The lowest BCUT2D eigenvalue weighted by Gasteiger charge is -2.34. The Hall–Kier alpha value is -1.96. The number of hydrogen-bond donors (Lipinski definition) is 0. The van der Waals surface area contributed by atoms with Gasteiger partial charge in [-0.3, -0.25) is 0 Å². The van der Waals surface area contributed by atoms with Crippen LogP contribution < -0.4 is 14.5 Å². The maximum absolute atomic E-state index is 5.13. The molecule has 8 heteroatoms. The van der Waals surface area contributed by atoms with Crippen molar-refractivity contribution in [2.45, 2.75) is 6.92 Å². The van der Waals surface area contributed by atoms with Crippen LogP contribution in [-0.2, 0) is 0 Å². The van der Waals surface area contributed by atoms with Gasteiger partial charge >= 0.3 is 0 Å². The predicted octanol–water partition coefficient (Wildman–Crippen LogP) is 0.972. The molecule has 0 unspecified atom stereocenters. The summed E-state index contributed by atoms with van der Waals surface area (Å²) in [6.07, 6.45) is 1.54. The zero-order valence-corrected chi connectivity index (χ0v) is 12.3. The Morgan fingerprint density at radius 1 is 1.10 bits per heavy atom. The van der Waals surface area contributed by atoms with Crippen molar-refractivity contribution in [2.75, 3.05) is 43.1 Å². The van der Waals surface area contributed by atoms with Gasteiger partial charge in [-0.25, -0.2) is 9.97 Å². The number of anilines is 2. The third kappa shape index (κ3) is 2.64. The van der Waals surface area contributed by atoms with Crippen LogP contribution in [0.2, 0.25) is 0 Å². The van der Waals surface area contributed by atoms with E-state index in [1.165, 1.54) is 6.33 Å². The van der Waals surface area contributed by atoms with Crippen LogP contribution in [0.3, 0.4) is 0 Å². The summed E-state index contributed by atoms with van der Waals surface area (Å²) in [5.41, 5.74) is 0. The van der Waals surface area contributed by atoms with E-state index in [-0.39, 0.29) is 0 Å². The van der Waals surface area contributed by atoms with E-state index >= 15 is 0 Å². The number of rotatable bonds is 3. The first kappa shape index (κ1) is 13.0. The average molecular weight is 292 g/mol. The van der Waals surface area contributed by atoms with Crippen molar-refractivity contribution >= 4 is 22.3 Å². The van der Waals surface area contributed by atoms with Crippen molar-refractivity contribution in [1.29, 1.82) is 0 Å². The predicted molar refractivity (Wildman–Crippen MR) is 77.7 cm³/mol. The Kier molecular flexibility index (Phi) is 3.64. The van der Waals surface area contributed by atoms with Gasteiger partial charge in [-0.15, -0.1) is 10.2 Å². The first-order chi connectivity index (χ1) is 9.76. The molecule has 0 radical (unpaired) electrons. The molecular formula is C12H16N6OS. The molecule has 1 saturated heterocycles. The minimum absolute atomic E-state index is 0.595. The SMILES string of the molecule is COc1cc(N2CCN(c3nnc(C)s3)CC2)ncn1. The second-order valence-corrected chi connectivity index (χ2v) is 5.66. The molecule has 0 saturated carbocycles. The standard InChI is InChI=1S/C12H16N6OS/c1-9-15-16-12(20-9)18-5-3-17(4-6-18)10-7-11(19-2)14-8-13-10/h7-8H,3-6H2,1-2H3. The Labute approximate surface area is 121 Å². The number of aromatic nitrogens is 4. The molecule has 3 rings (SSSR count). The van der Waals surface area contributed by atoms with Crippen molar-refractivity contribution in [3.05, 3.63) is 17.4 Å². The van der Waals surface area contributed by atoms with E-state index in [1.807, 2.05) is 13.0 Å². The van der Waals surface area contributed by atoms with Gasteiger partial charge in [0.2, 0.25) is 11.0 Å². The van der Waals surface area contributed by atoms with Gasteiger partial charge in [-0.1, -0.05) is 11.3 Å². The molecule has 106 valence electrons.